The van der Waals surface area contributed by atoms with Crippen molar-refractivity contribution in [3.8, 4) is 11.8 Å². The van der Waals surface area contributed by atoms with E-state index < -0.39 is 0 Å². The van der Waals surface area contributed by atoms with E-state index in [1.165, 1.54) is 11.1 Å². The lowest BCUT2D eigenvalue weighted by atomic mass is 10.1. The number of nitriles is 1. The van der Waals surface area contributed by atoms with Crippen LogP contribution in [0, 0.1) is 18.3 Å². The third-order valence-electron chi connectivity index (χ3n) is 2.89. The highest BCUT2D eigenvalue weighted by atomic mass is 16.5. The van der Waals surface area contributed by atoms with Crippen LogP contribution in [-0.2, 0) is 13.0 Å². The topological polar surface area (TPSA) is 33.0 Å². The fraction of sp³-hybridized carbons (Fsp3) is 0.188. The van der Waals surface area contributed by atoms with E-state index in [0.717, 1.165) is 11.3 Å². The molecule has 0 spiro atoms. The fourth-order valence-electron chi connectivity index (χ4n) is 1.80. The largest absolute Gasteiger partial charge is 0.489 e. The molecule has 90 valence electrons. The van der Waals surface area contributed by atoms with Crippen LogP contribution in [0.1, 0.15) is 16.7 Å². The van der Waals surface area contributed by atoms with Gasteiger partial charge in [-0.1, -0.05) is 42.5 Å². The third kappa shape index (κ3) is 2.89. The van der Waals surface area contributed by atoms with E-state index >= 15 is 0 Å². The van der Waals surface area contributed by atoms with Crippen molar-refractivity contribution in [3.63, 3.8) is 0 Å². The molecule has 2 heteroatoms. The number of aryl methyl sites for hydroxylation is 1. The van der Waals surface area contributed by atoms with E-state index in [1.54, 1.807) is 0 Å². The van der Waals surface area contributed by atoms with Gasteiger partial charge in [-0.15, -0.1) is 0 Å². The normalized spacial score (nSPS) is 9.78. The summed E-state index contributed by atoms with van der Waals surface area (Å²) >= 11 is 0. The summed E-state index contributed by atoms with van der Waals surface area (Å²) in [5, 5.41) is 8.77. The predicted molar refractivity (Wildman–Crippen MR) is 71.3 cm³/mol. The van der Waals surface area contributed by atoms with Crippen molar-refractivity contribution in [2.75, 3.05) is 0 Å². The minimum Gasteiger partial charge on any atom is -0.489 e. The molecule has 0 aromatic heterocycles. The molecule has 2 aromatic carbocycles. The Bertz CT molecular complexity index is 569. The van der Waals surface area contributed by atoms with Crippen molar-refractivity contribution < 1.29 is 4.74 Å². The maximum atomic E-state index is 8.77. The molecule has 0 bridgehead atoms. The molecule has 0 aliphatic carbocycles. The highest BCUT2D eigenvalue weighted by molar-refractivity contribution is 5.35. The van der Waals surface area contributed by atoms with Crippen LogP contribution in [0.25, 0.3) is 0 Å². The van der Waals surface area contributed by atoms with Crippen molar-refractivity contribution in [1.29, 1.82) is 5.26 Å². The van der Waals surface area contributed by atoms with Crippen LogP contribution >= 0.6 is 0 Å². The Balaban J connectivity index is 2.11. The van der Waals surface area contributed by atoms with E-state index in [2.05, 4.69) is 25.1 Å². The van der Waals surface area contributed by atoms with Crippen LogP contribution < -0.4 is 4.74 Å². The Morgan fingerprint density at radius 2 is 1.67 bits per heavy atom. The van der Waals surface area contributed by atoms with E-state index in [9.17, 15) is 0 Å². The lowest BCUT2D eigenvalue weighted by molar-refractivity contribution is 0.303. The molecule has 0 aliphatic heterocycles. The zero-order chi connectivity index (χ0) is 12.8. The number of nitrogens with zero attached hydrogens (tertiary/aromatic N) is 1. The van der Waals surface area contributed by atoms with Gasteiger partial charge in [0.05, 0.1) is 12.5 Å². The number of hydrogen-bond donors (Lipinski definition) is 0. The Labute approximate surface area is 107 Å². The van der Waals surface area contributed by atoms with Crippen LogP contribution in [0.2, 0.25) is 0 Å². The minimum atomic E-state index is 0.379. The zero-order valence-electron chi connectivity index (χ0n) is 10.4. The highest BCUT2D eigenvalue weighted by Crippen LogP contribution is 2.20. The maximum Gasteiger partial charge on any atom is 0.124 e. The zero-order valence-corrected chi connectivity index (χ0v) is 10.4. The maximum absolute atomic E-state index is 8.77. The first-order valence-corrected chi connectivity index (χ1v) is 5.93. The first kappa shape index (κ1) is 12.2. The second-order valence-corrected chi connectivity index (χ2v) is 4.16. The molecule has 0 N–H and O–H groups in total. The first-order valence-electron chi connectivity index (χ1n) is 5.93. The van der Waals surface area contributed by atoms with Gasteiger partial charge in [-0.2, -0.15) is 5.26 Å². The number of rotatable bonds is 4. The molecule has 18 heavy (non-hydrogen) atoms. The van der Waals surface area contributed by atoms with Crippen molar-refractivity contribution >= 4 is 0 Å². The van der Waals surface area contributed by atoms with E-state index in [-0.39, 0.29) is 0 Å². The predicted octanol–water partition coefficient (Wildman–Crippen LogP) is 3.64. The van der Waals surface area contributed by atoms with Gasteiger partial charge in [-0.05, 0) is 24.1 Å². The van der Waals surface area contributed by atoms with Gasteiger partial charge in [-0.3, -0.25) is 0 Å². The molecule has 0 atom stereocenters. The standard InChI is InChI=1S/C16H15NO/c1-13-6-2-3-8-15(13)12-18-16-9-5-4-7-14(16)10-11-17/h2-9H,10,12H2,1H3. The summed E-state index contributed by atoms with van der Waals surface area (Å²) < 4.78 is 5.81. The average molecular weight is 237 g/mol. The van der Waals surface area contributed by atoms with Crippen LogP contribution in [-0.4, -0.2) is 0 Å². The summed E-state index contributed by atoms with van der Waals surface area (Å²) in [7, 11) is 0. The van der Waals surface area contributed by atoms with E-state index in [1.807, 2.05) is 36.4 Å². The monoisotopic (exact) mass is 237 g/mol. The molecule has 0 amide bonds. The lowest BCUT2D eigenvalue weighted by Crippen LogP contribution is -1.99. The molecule has 0 radical (unpaired) electrons. The van der Waals surface area contributed by atoms with Crippen LogP contribution in [0.15, 0.2) is 48.5 Å². The van der Waals surface area contributed by atoms with E-state index in [4.69, 9.17) is 10.00 Å². The Morgan fingerprint density at radius 3 is 2.39 bits per heavy atom. The summed E-state index contributed by atoms with van der Waals surface area (Å²) in [6.07, 6.45) is 0.379. The van der Waals surface area contributed by atoms with Crippen LogP contribution in [0.5, 0.6) is 5.75 Å². The van der Waals surface area contributed by atoms with Crippen molar-refractivity contribution in [2.24, 2.45) is 0 Å². The van der Waals surface area contributed by atoms with Crippen molar-refractivity contribution in [1.82, 2.24) is 0 Å². The summed E-state index contributed by atoms with van der Waals surface area (Å²) in [6, 6.07) is 18.0. The van der Waals surface area contributed by atoms with Crippen LogP contribution in [0.3, 0.4) is 0 Å². The van der Waals surface area contributed by atoms with Crippen molar-refractivity contribution in [2.45, 2.75) is 20.0 Å². The lowest BCUT2D eigenvalue weighted by Gasteiger charge is -2.11. The average Bonchev–Trinajstić information content (AvgIpc) is 2.40. The van der Waals surface area contributed by atoms with Gasteiger partial charge in [0.15, 0.2) is 0 Å². The molecule has 0 saturated carbocycles. The second kappa shape index (κ2) is 5.88. The van der Waals surface area contributed by atoms with Gasteiger partial charge in [0.25, 0.3) is 0 Å². The number of ether oxygens (including phenoxy) is 1. The molecule has 2 nitrogen and oxygen atoms in total. The SMILES string of the molecule is Cc1ccccc1COc1ccccc1CC#N. The Morgan fingerprint density at radius 1 is 1.00 bits per heavy atom. The first-order chi connectivity index (χ1) is 8.81. The number of benzene rings is 2. The molecular weight excluding hydrogens is 222 g/mol. The minimum absolute atomic E-state index is 0.379. The van der Waals surface area contributed by atoms with Crippen LogP contribution in [0.4, 0.5) is 0 Å². The molecule has 2 aromatic rings. The van der Waals surface area contributed by atoms with Crippen molar-refractivity contribution in [3.05, 3.63) is 65.2 Å². The molecule has 0 aliphatic rings. The van der Waals surface area contributed by atoms with Gasteiger partial charge in [0.1, 0.15) is 12.4 Å². The summed E-state index contributed by atoms with van der Waals surface area (Å²) in [6.45, 7) is 2.61. The second-order valence-electron chi connectivity index (χ2n) is 4.16. The Hall–Kier alpha value is -2.27. The molecule has 2 rings (SSSR count). The summed E-state index contributed by atoms with van der Waals surface area (Å²) in [4.78, 5) is 0. The molecular formula is C16H15NO. The van der Waals surface area contributed by atoms with E-state index in [0.29, 0.717) is 13.0 Å². The molecule has 0 unspecified atom stereocenters. The summed E-state index contributed by atoms with van der Waals surface area (Å²) in [5.74, 6) is 0.794. The molecule has 0 fully saturated rings. The Kier molecular flexibility index (Phi) is 3.98. The van der Waals surface area contributed by atoms with Gasteiger partial charge >= 0.3 is 0 Å². The quantitative estimate of drug-likeness (QED) is 0.813. The number of hydrogen-bond acceptors (Lipinski definition) is 2. The highest BCUT2D eigenvalue weighted by Gasteiger charge is 2.03. The van der Waals surface area contributed by atoms with Gasteiger partial charge in [0, 0.05) is 5.56 Å². The fourth-order valence-corrected chi connectivity index (χ4v) is 1.80. The third-order valence-corrected chi connectivity index (χ3v) is 2.89. The van der Waals surface area contributed by atoms with Gasteiger partial charge in [0.2, 0.25) is 0 Å². The van der Waals surface area contributed by atoms with Gasteiger partial charge in [-0.25, -0.2) is 0 Å². The van der Waals surface area contributed by atoms with Gasteiger partial charge < -0.3 is 4.74 Å². The number of para-hydroxylation sites is 1. The summed E-state index contributed by atoms with van der Waals surface area (Å²) in [5.41, 5.74) is 3.33. The molecule has 0 heterocycles. The molecule has 0 saturated heterocycles. The smallest absolute Gasteiger partial charge is 0.124 e.